The number of phenolic OH excluding ortho intramolecular Hbond substituents is 1. The second-order valence-electron chi connectivity index (χ2n) is 6.79. The number of phenols is 1. The first-order valence-corrected chi connectivity index (χ1v) is 8.67. The number of aromatic hydroxyl groups is 1. The first-order chi connectivity index (χ1) is 10.6. The molecule has 1 unspecified atom stereocenters. The fraction of sp³-hybridized carbons (Fsp3) is 0.550. The van der Waals surface area contributed by atoms with Crippen LogP contribution < -0.4 is 0 Å². The highest BCUT2D eigenvalue weighted by atomic mass is 16.3. The van der Waals surface area contributed by atoms with Crippen molar-refractivity contribution in [3.8, 4) is 5.75 Å². The van der Waals surface area contributed by atoms with Gasteiger partial charge in [-0.2, -0.15) is 0 Å². The summed E-state index contributed by atoms with van der Waals surface area (Å²) in [5.74, 6) is 1.93. The van der Waals surface area contributed by atoms with Crippen LogP contribution in [0.2, 0.25) is 0 Å². The van der Waals surface area contributed by atoms with Gasteiger partial charge in [0.05, 0.1) is 0 Å². The lowest BCUT2D eigenvalue weighted by atomic mass is 9.91. The number of hydrogen-bond donors (Lipinski definition) is 1. The van der Waals surface area contributed by atoms with Gasteiger partial charge in [-0.05, 0) is 36.8 Å². The van der Waals surface area contributed by atoms with Gasteiger partial charge in [-0.25, -0.2) is 4.98 Å². The molecule has 2 aromatic rings. The molecule has 120 valence electrons. The van der Waals surface area contributed by atoms with E-state index in [0.29, 0.717) is 0 Å². The molecular weight excluding hydrogens is 270 g/mol. The van der Waals surface area contributed by atoms with Crippen molar-refractivity contribution in [1.29, 1.82) is 0 Å². The molecule has 22 heavy (non-hydrogen) atoms. The number of hydrogen-bond acceptors (Lipinski definition) is 2. The molecule has 0 saturated heterocycles. The van der Waals surface area contributed by atoms with Crippen molar-refractivity contribution in [1.82, 2.24) is 4.98 Å². The number of benzene rings is 1. The van der Waals surface area contributed by atoms with Crippen molar-refractivity contribution in [2.75, 3.05) is 0 Å². The Balaban J connectivity index is 1.90. The van der Waals surface area contributed by atoms with E-state index in [9.17, 15) is 5.11 Å². The summed E-state index contributed by atoms with van der Waals surface area (Å²) in [6.45, 7) is 6.91. The van der Waals surface area contributed by atoms with E-state index in [1.807, 2.05) is 12.1 Å². The third kappa shape index (κ3) is 4.72. The van der Waals surface area contributed by atoms with E-state index < -0.39 is 0 Å². The van der Waals surface area contributed by atoms with Crippen LogP contribution in [0.3, 0.4) is 0 Å². The maximum absolute atomic E-state index is 9.91. The molecule has 0 fully saturated rings. The molecule has 2 nitrogen and oxygen atoms in total. The zero-order valence-electron chi connectivity index (χ0n) is 14.2. The van der Waals surface area contributed by atoms with Gasteiger partial charge in [0.1, 0.15) is 11.3 Å². The minimum atomic E-state index is 0.280. The van der Waals surface area contributed by atoms with Crippen LogP contribution >= 0.6 is 0 Å². The van der Waals surface area contributed by atoms with Gasteiger partial charge in [-0.15, -0.1) is 0 Å². The van der Waals surface area contributed by atoms with E-state index in [-0.39, 0.29) is 5.75 Å². The van der Waals surface area contributed by atoms with Crippen molar-refractivity contribution in [2.24, 2.45) is 11.8 Å². The molecule has 0 radical (unpaired) electrons. The number of rotatable bonds is 8. The molecule has 1 aromatic heterocycles. The van der Waals surface area contributed by atoms with Gasteiger partial charge in [0.2, 0.25) is 0 Å². The zero-order valence-corrected chi connectivity index (χ0v) is 14.2. The highest BCUT2D eigenvalue weighted by molar-refractivity contribution is 5.84. The Bertz CT molecular complexity index is 591. The van der Waals surface area contributed by atoms with E-state index >= 15 is 0 Å². The Labute approximate surface area is 134 Å². The van der Waals surface area contributed by atoms with Crippen LogP contribution in [0, 0.1) is 11.8 Å². The van der Waals surface area contributed by atoms with Gasteiger partial charge in [0.15, 0.2) is 0 Å². The largest absolute Gasteiger partial charge is 0.506 e. The minimum Gasteiger partial charge on any atom is -0.506 e. The van der Waals surface area contributed by atoms with Gasteiger partial charge in [-0.3, -0.25) is 0 Å². The van der Waals surface area contributed by atoms with E-state index in [1.54, 1.807) is 6.07 Å². The molecular formula is C20H29NO. The Morgan fingerprint density at radius 3 is 2.59 bits per heavy atom. The molecule has 0 spiro atoms. The number of para-hydroxylation sites is 1. The van der Waals surface area contributed by atoms with Gasteiger partial charge in [0.25, 0.3) is 0 Å². The summed E-state index contributed by atoms with van der Waals surface area (Å²) < 4.78 is 0. The van der Waals surface area contributed by atoms with Crippen molar-refractivity contribution in [3.63, 3.8) is 0 Å². The fourth-order valence-electron chi connectivity index (χ4n) is 3.00. The second-order valence-corrected chi connectivity index (χ2v) is 6.79. The minimum absolute atomic E-state index is 0.280. The third-order valence-electron chi connectivity index (χ3n) is 4.53. The molecule has 0 amide bonds. The van der Waals surface area contributed by atoms with Crippen LogP contribution in [-0.2, 0) is 6.42 Å². The Morgan fingerprint density at radius 1 is 1.05 bits per heavy atom. The number of aromatic nitrogens is 1. The maximum Gasteiger partial charge on any atom is 0.141 e. The van der Waals surface area contributed by atoms with Crippen LogP contribution in [0.25, 0.3) is 10.9 Å². The van der Waals surface area contributed by atoms with Gasteiger partial charge in [0, 0.05) is 11.1 Å². The Kier molecular flexibility index (Phi) is 6.23. The summed E-state index contributed by atoms with van der Waals surface area (Å²) in [7, 11) is 0. The lowest BCUT2D eigenvalue weighted by Crippen LogP contribution is -2.02. The molecule has 1 N–H and O–H groups in total. The average Bonchev–Trinajstić information content (AvgIpc) is 2.51. The Morgan fingerprint density at radius 2 is 1.86 bits per heavy atom. The first-order valence-electron chi connectivity index (χ1n) is 8.67. The van der Waals surface area contributed by atoms with E-state index in [1.165, 1.54) is 32.1 Å². The molecule has 0 aliphatic heterocycles. The summed E-state index contributed by atoms with van der Waals surface area (Å²) in [4.78, 5) is 4.62. The Hall–Kier alpha value is -1.57. The number of pyridine rings is 1. The molecule has 1 atom stereocenters. The summed E-state index contributed by atoms with van der Waals surface area (Å²) in [5.41, 5.74) is 1.82. The van der Waals surface area contributed by atoms with Crippen LogP contribution in [0.15, 0.2) is 30.3 Å². The van der Waals surface area contributed by atoms with Crippen molar-refractivity contribution < 1.29 is 5.11 Å². The average molecular weight is 299 g/mol. The van der Waals surface area contributed by atoms with E-state index in [4.69, 9.17) is 0 Å². The van der Waals surface area contributed by atoms with Crippen molar-refractivity contribution >= 4 is 10.9 Å². The topological polar surface area (TPSA) is 33.1 Å². The zero-order chi connectivity index (χ0) is 15.9. The maximum atomic E-state index is 9.91. The quantitative estimate of drug-likeness (QED) is 0.675. The predicted octanol–water partition coefficient (Wildman–Crippen LogP) is 5.73. The molecule has 2 heteroatoms. The molecule has 0 aliphatic carbocycles. The van der Waals surface area contributed by atoms with Crippen LogP contribution in [0.5, 0.6) is 5.75 Å². The van der Waals surface area contributed by atoms with Crippen molar-refractivity contribution in [3.05, 3.63) is 36.0 Å². The molecule has 0 saturated carbocycles. The van der Waals surface area contributed by atoms with Gasteiger partial charge < -0.3 is 5.11 Å². The normalized spacial score (nSPS) is 12.9. The summed E-state index contributed by atoms with van der Waals surface area (Å²) in [6, 6.07) is 9.72. The monoisotopic (exact) mass is 299 g/mol. The molecule has 2 rings (SSSR count). The molecule has 0 bridgehead atoms. The number of nitrogens with zero attached hydrogens (tertiary/aromatic N) is 1. The predicted molar refractivity (Wildman–Crippen MR) is 94.2 cm³/mol. The van der Waals surface area contributed by atoms with Crippen LogP contribution in [-0.4, -0.2) is 10.1 Å². The fourth-order valence-corrected chi connectivity index (χ4v) is 3.00. The summed E-state index contributed by atoms with van der Waals surface area (Å²) in [6.07, 6.45) is 7.42. The van der Waals surface area contributed by atoms with Crippen LogP contribution in [0.1, 0.15) is 58.6 Å². The smallest absolute Gasteiger partial charge is 0.141 e. The number of fused-ring (bicyclic) bond motifs is 1. The lowest BCUT2D eigenvalue weighted by molar-refractivity contribution is 0.382. The molecule has 0 aliphatic rings. The summed E-state index contributed by atoms with van der Waals surface area (Å²) in [5, 5.41) is 10.9. The van der Waals surface area contributed by atoms with Gasteiger partial charge >= 0.3 is 0 Å². The standard InChI is InChI=1S/C20H29NO/c1-4-16(12-11-15(2)3)7-5-9-18-14-13-17-8-6-10-19(22)20(17)21-18/h6,8,10,13-16,22H,4-5,7,9,11-12H2,1-3H3. The second kappa shape index (κ2) is 8.17. The van der Waals surface area contributed by atoms with E-state index in [0.717, 1.165) is 34.9 Å². The van der Waals surface area contributed by atoms with Crippen LogP contribution in [0.4, 0.5) is 0 Å². The van der Waals surface area contributed by atoms with Gasteiger partial charge in [-0.1, -0.05) is 64.7 Å². The third-order valence-corrected chi connectivity index (χ3v) is 4.53. The summed E-state index contributed by atoms with van der Waals surface area (Å²) >= 11 is 0. The molecule has 1 aromatic carbocycles. The van der Waals surface area contributed by atoms with Crippen molar-refractivity contribution in [2.45, 2.75) is 59.3 Å². The molecule has 1 heterocycles. The highest BCUT2D eigenvalue weighted by Crippen LogP contribution is 2.24. The highest BCUT2D eigenvalue weighted by Gasteiger charge is 2.08. The number of aryl methyl sites for hydroxylation is 1. The first kappa shape index (κ1) is 16.8. The SMILES string of the molecule is CCC(CCCc1ccc2cccc(O)c2n1)CCC(C)C. The lowest BCUT2D eigenvalue weighted by Gasteiger charge is -2.15. The van der Waals surface area contributed by atoms with E-state index in [2.05, 4.69) is 37.9 Å².